The molecule has 0 bridgehead atoms. The highest BCUT2D eigenvalue weighted by atomic mass is 16.2. The highest BCUT2D eigenvalue weighted by molar-refractivity contribution is 6.04. The first kappa shape index (κ1) is 18.2. The van der Waals surface area contributed by atoms with Crippen molar-refractivity contribution in [3.8, 4) is 0 Å². The molecule has 2 amide bonds. The van der Waals surface area contributed by atoms with Gasteiger partial charge in [-0.2, -0.15) is 0 Å². The van der Waals surface area contributed by atoms with Gasteiger partial charge in [-0.25, -0.2) is 0 Å². The van der Waals surface area contributed by atoms with E-state index >= 15 is 0 Å². The molecule has 0 aliphatic carbocycles. The van der Waals surface area contributed by atoms with Crippen LogP contribution in [0.4, 0.5) is 11.4 Å². The third-order valence-corrected chi connectivity index (χ3v) is 5.03. The van der Waals surface area contributed by atoms with Gasteiger partial charge in [-0.1, -0.05) is 31.2 Å². The molecule has 1 saturated heterocycles. The molecule has 0 N–H and O–H groups in total. The van der Waals surface area contributed by atoms with Crippen molar-refractivity contribution in [2.24, 2.45) is 5.92 Å². The number of hydrogen-bond acceptors (Lipinski definition) is 2. The van der Waals surface area contributed by atoms with E-state index in [0.717, 1.165) is 23.4 Å². The largest absolute Gasteiger partial charge is 0.312 e. The maximum atomic E-state index is 13.1. The van der Waals surface area contributed by atoms with Crippen molar-refractivity contribution in [2.45, 2.75) is 33.6 Å². The lowest BCUT2D eigenvalue weighted by Crippen LogP contribution is -2.37. The fourth-order valence-electron chi connectivity index (χ4n) is 3.52. The summed E-state index contributed by atoms with van der Waals surface area (Å²) >= 11 is 0. The fourth-order valence-corrected chi connectivity index (χ4v) is 3.52. The van der Waals surface area contributed by atoms with Gasteiger partial charge in [0.05, 0.1) is 5.92 Å². The second kappa shape index (κ2) is 7.73. The van der Waals surface area contributed by atoms with Gasteiger partial charge in [0.1, 0.15) is 0 Å². The number of nitrogens with zero attached hydrogens (tertiary/aromatic N) is 2. The lowest BCUT2D eigenvalue weighted by Gasteiger charge is -2.25. The third-order valence-electron chi connectivity index (χ3n) is 5.03. The standard InChI is InChI=1S/C22H26N2O2/c1-4-17-9-11-19(12-10-17)24-15-18(14-21(24)25)22(26)23(5-2)20-8-6-7-16(3)13-20/h6-13,18H,4-5,14-15H2,1-3H3/t18-/m1/s1. The summed E-state index contributed by atoms with van der Waals surface area (Å²) in [4.78, 5) is 29.1. The van der Waals surface area contributed by atoms with E-state index in [2.05, 4.69) is 6.92 Å². The van der Waals surface area contributed by atoms with Gasteiger partial charge >= 0.3 is 0 Å². The number of carbonyl (C=O) groups is 2. The number of benzene rings is 2. The Balaban J connectivity index is 1.77. The maximum Gasteiger partial charge on any atom is 0.232 e. The molecule has 3 rings (SSSR count). The van der Waals surface area contributed by atoms with Gasteiger partial charge in [-0.15, -0.1) is 0 Å². The molecule has 26 heavy (non-hydrogen) atoms. The van der Waals surface area contributed by atoms with Crippen LogP contribution in [-0.2, 0) is 16.0 Å². The number of carbonyl (C=O) groups excluding carboxylic acids is 2. The topological polar surface area (TPSA) is 40.6 Å². The van der Waals surface area contributed by atoms with Crippen LogP contribution < -0.4 is 9.80 Å². The zero-order valence-corrected chi connectivity index (χ0v) is 15.7. The van der Waals surface area contributed by atoms with E-state index in [9.17, 15) is 9.59 Å². The Morgan fingerprint density at radius 1 is 1.15 bits per heavy atom. The van der Waals surface area contributed by atoms with Crippen molar-refractivity contribution in [1.82, 2.24) is 0 Å². The van der Waals surface area contributed by atoms with Crippen LogP contribution in [-0.4, -0.2) is 24.9 Å². The lowest BCUT2D eigenvalue weighted by molar-refractivity contribution is -0.124. The van der Waals surface area contributed by atoms with E-state index in [-0.39, 0.29) is 24.2 Å². The molecule has 1 atom stereocenters. The number of anilines is 2. The molecule has 0 radical (unpaired) electrons. The molecule has 2 aromatic carbocycles. The smallest absolute Gasteiger partial charge is 0.232 e. The van der Waals surface area contributed by atoms with Crippen LogP contribution in [0.2, 0.25) is 0 Å². The Kier molecular flexibility index (Phi) is 5.40. The molecular formula is C22H26N2O2. The summed E-state index contributed by atoms with van der Waals surface area (Å²) in [6, 6.07) is 16.0. The zero-order chi connectivity index (χ0) is 18.7. The first-order chi connectivity index (χ1) is 12.5. The molecule has 0 saturated carbocycles. The molecule has 0 unspecified atom stereocenters. The highest BCUT2D eigenvalue weighted by Crippen LogP contribution is 2.28. The van der Waals surface area contributed by atoms with Gasteiger partial charge in [-0.05, 0) is 55.7 Å². The van der Waals surface area contributed by atoms with E-state index in [1.165, 1.54) is 5.56 Å². The van der Waals surface area contributed by atoms with Crippen LogP contribution in [0.1, 0.15) is 31.4 Å². The quantitative estimate of drug-likeness (QED) is 0.819. The minimum absolute atomic E-state index is 0.0212. The van der Waals surface area contributed by atoms with E-state index in [4.69, 9.17) is 0 Å². The summed E-state index contributed by atoms with van der Waals surface area (Å²) in [6.07, 6.45) is 1.24. The summed E-state index contributed by atoms with van der Waals surface area (Å²) < 4.78 is 0. The fraction of sp³-hybridized carbons (Fsp3) is 0.364. The molecule has 1 heterocycles. The monoisotopic (exact) mass is 350 g/mol. The van der Waals surface area contributed by atoms with E-state index in [0.29, 0.717) is 13.1 Å². The van der Waals surface area contributed by atoms with Crippen LogP contribution in [0.3, 0.4) is 0 Å². The number of hydrogen-bond donors (Lipinski definition) is 0. The third kappa shape index (κ3) is 3.64. The van der Waals surface area contributed by atoms with Crippen LogP contribution >= 0.6 is 0 Å². The first-order valence-corrected chi connectivity index (χ1v) is 9.30. The minimum Gasteiger partial charge on any atom is -0.312 e. The molecular weight excluding hydrogens is 324 g/mol. The minimum atomic E-state index is -0.297. The molecule has 0 aromatic heterocycles. The zero-order valence-electron chi connectivity index (χ0n) is 15.7. The SMILES string of the molecule is CCc1ccc(N2C[C@H](C(=O)N(CC)c3cccc(C)c3)CC2=O)cc1. The summed E-state index contributed by atoms with van der Waals surface area (Å²) in [6.45, 7) is 7.14. The number of rotatable bonds is 5. The van der Waals surface area contributed by atoms with Crippen LogP contribution in [0, 0.1) is 12.8 Å². The molecule has 1 aliphatic heterocycles. The van der Waals surface area contributed by atoms with Gasteiger partial charge in [-0.3, -0.25) is 9.59 Å². The molecule has 4 nitrogen and oxygen atoms in total. The van der Waals surface area contributed by atoms with Crippen molar-refractivity contribution in [3.05, 3.63) is 59.7 Å². The predicted molar refractivity (Wildman–Crippen MR) is 105 cm³/mol. The highest BCUT2D eigenvalue weighted by Gasteiger charge is 2.37. The van der Waals surface area contributed by atoms with Crippen molar-refractivity contribution < 1.29 is 9.59 Å². The first-order valence-electron chi connectivity index (χ1n) is 9.30. The summed E-state index contributed by atoms with van der Waals surface area (Å²) in [7, 11) is 0. The van der Waals surface area contributed by atoms with Crippen molar-refractivity contribution in [2.75, 3.05) is 22.9 Å². The Bertz CT molecular complexity index is 798. The van der Waals surface area contributed by atoms with Gasteiger partial charge < -0.3 is 9.80 Å². The van der Waals surface area contributed by atoms with Gasteiger partial charge in [0.25, 0.3) is 0 Å². The Morgan fingerprint density at radius 2 is 1.88 bits per heavy atom. The molecule has 1 fully saturated rings. The molecule has 2 aromatic rings. The molecule has 1 aliphatic rings. The van der Waals surface area contributed by atoms with E-state index in [1.807, 2.05) is 62.4 Å². The van der Waals surface area contributed by atoms with Crippen molar-refractivity contribution >= 4 is 23.2 Å². The molecule has 4 heteroatoms. The Morgan fingerprint density at radius 3 is 2.50 bits per heavy atom. The van der Waals surface area contributed by atoms with Crippen LogP contribution in [0.5, 0.6) is 0 Å². The van der Waals surface area contributed by atoms with Crippen LogP contribution in [0.25, 0.3) is 0 Å². The molecule has 136 valence electrons. The average Bonchev–Trinajstić information content (AvgIpc) is 3.04. The van der Waals surface area contributed by atoms with E-state index in [1.54, 1.807) is 9.80 Å². The van der Waals surface area contributed by atoms with Crippen molar-refractivity contribution in [1.29, 1.82) is 0 Å². The lowest BCUT2D eigenvalue weighted by atomic mass is 10.1. The summed E-state index contributed by atoms with van der Waals surface area (Å²) in [5.41, 5.74) is 4.13. The van der Waals surface area contributed by atoms with Gasteiger partial charge in [0.15, 0.2) is 0 Å². The average molecular weight is 350 g/mol. The second-order valence-corrected chi connectivity index (χ2v) is 6.85. The second-order valence-electron chi connectivity index (χ2n) is 6.85. The number of aryl methyl sites for hydroxylation is 2. The normalized spacial score (nSPS) is 16.8. The Labute approximate surface area is 155 Å². The van der Waals surface area contributed by atoms with Crippen molar-refractivity contribution in [3.63, 3.8) is 0 Å². The van der Waals surface area contributed by atoms with Crippen LogP contribution in [0.15, 0.2) is 48.5 Å². The number of amides is 2. The Hall–Kier alpha value is -2.62. The van der Waals surface area contributed by atoms with Gasteiger partial charge in [0, 0.05) is 30.9 Å². The summed E-state index contributed by atoms with van der Waals surface area (Å²) in [5.74, 6) is -0.249. The van der Waals surface area contributed by atoms with E-state index < -0.39 is 0 Å². The maximum absolute atomic E-state index is 13.1. The molecule has 0 spiro atoms. The summed E-state index contributed by atoms with van der Waals surface area (Å²) in [5, 5.41) is 0. The predicted octanol–water partition coefficient (Wildman–Crippen LogP) is 3.96. The van der Waals surface area contributed by atoms with Gasteiger partial charge in [0.2, 0.25) is 11.8 Å².